The number of halogens is 1. The molecule has 0 saturated carbocycles. The molecule has 2 atom stereocenters. The number of likely N-dealkylation sites (N-methyl/N-ethyl adjacent to an activating group) is 1. The van der Waals surface area contributed by atoms with Crippen LogP contribution in [0.1, 0.15) is 28.9 Å². The SMILES string of the molecule is CNC[C@@H]1O[C@@H](c2ccc(Cl)cc2)Cc2ccccc21. The summed E-state index contributed by atoms with van der Waals surface area (Å²) in [6.07, 6.45) is 1.11. The molecule has 0 aliphatic carbocycles. The van der Waals surface area contributed by atoms with E-state index in [0.717, 1.165) is 18.0 Å². The Morgan fingerprint density at radius 2 is 1.90 bits per heavy atom. The van der Waals surface area contributed by atoms with Crippen molar-refractivity contribution < 1.29 is 4.74 Å². The monoisotopic (exact) mass is 287 g/mol. The van der Waals surface area contributed by atoms with Gasteiger partial charge in [0, 0.05) is 18.0 Å². The standard InChI is InChI=1S/C17H18ClNO/c1-19-11-17-15-5-3-2-4-13(15)10-16(20-17)12-6-8-14(18)9-7-12/h2-9,16-17,19H,10-11H2,1H3/t16-,17+/m1/s1. The van der Waals surface area contributed by atoms with Gasteiger partial charge < -0.3 is 10.1 Å². The molecule has 1 heterocycles. The third-order valence-corrected chi connectivity index (χ3v) is 4.02. The average Bonchev–Trinajstić information content (AvgIpc) is 2.48. The van der Waals surface area contributed by atoms with Crippen LogP contribution < -0.4 is 5.32 Å². The van der Waals surface area contributed by atoms with Gasteiger partial charge in [-0.1, -0.05) is 48.0 Å². The fraction of sp³-hybridized carbons (Fsp3) is 0.294. The van der Waals surface area contributed by atoms with Crippen molar-refractivity contribution >= 4 is 11.6 Å². The first-order valence-electron chi connectivity index (χ1n) is 6.91. The van der Waals surface area contributed by atoms with Crippen molar-refractivity contribution in [3.63, 3.8) is 0 Å². The normalized spacial score (nSPS) is 21.5. The maximum absolute atomic E-state index is 6.27. The molecule has 20 heavy (non-hydrogen) atoms. The van der Waals surface area contributed by atoms with E-state index in [2.05, 4.69) is 41.7 Å². The molecule has 1 aliphatic rings. The van der Waals surface area contributed by atoms with Crippen molar-refractivity contribution in [2.24, 2.45) is 0 Å². The summed E-state index contributed by atoms with van der Waals surface area (Å²) in [7, 11) is 1.96. The molecule has 0 fully saturated rings. The molecule has 1 aliphatic heterocycles. The van der Waals surface area contributed by atoms with Gasteiger partial charge in [0.25, 0.3) is 0 Å². The minimum Gasteiger partial charge on any atom is -0.364 e. The molecule has 3 rings (SSSR count). The van der Waals surface area contributed by atoms with Crippen molar-refractivity contribution in [1.82, 2.24) is 5.32 Å². The van der Waals surface area contributed by atoms with Gasteiger partial charge in [-0.3, -0.25) is 0 Å². The third-order valence-electron chi connectivity index (χ3n) is 3.77. The summed E-state index contributed by atoms with van der Waals surface area (Å²) >= 11 is 5.96. The van der Waals surface area contributed by atoms with Crippen molar-refractivity contribution in [3.05, 3.63) is 70.2 Å². The van der Waals surface area contributed by atoms with Gasteiger partial charge in [-0.05, 0) is 35.9 Å². The maximum atomic E-state index is 6.27. The first-order chi connectivity index (χ1) is 9.78. The Balaban J connectivity index is 1.91. The van der Waals surface area contributed by atoms with E-state index in [-0.39, 0.29) is 12.2 Å². The molecule has 0 aromatic heterocycles. The molecule has 0 spiro atoms. The van der Waals surface area contributed by atoms with E-state index in [1.54, 1.807) is 0 Å². The molecule has 0 saturated heterocycles. The second-order valence-corrected chi connectivity index (χ2v) is 5.56. The van der Waals surface area contributed by atoms with Gasteiger partial charge in [-0.2, -0.15) is 0 Å². The molecule has 0 amide bonds. The molecule has 3 heteroatoms. The summed E-state index contributed by atoms with van der Waals surface area (Å²) < 4.78 is 6.27. The lowest BCUT2D eigenvalue weighted by atomic mass is 9.91. The number of fused-ring (bicyclic) bond motifs is 1. The zero-order valence-electron chi connectivity index (χ0n) is 11.5. The topological polar surface area (TPSA) is 21.3 Å². The highest BCUT2D eigenvalue weighted by molar-refractivity contribution is 6.30. The Labute approximate surface area is 124 Å². The van der Waals surface area contributed by atoms with E-state index in [0.29, 0.717) is 0 Å². The van der Waals surface area contributed by atoms with E-state index in [1.165, 1.54) is 16.7 Å². The minimum atomic E-state index is 0.0977. The van der Waals surface area contributed by atoms with Gasteiger partial charge in [-0.25, -0.2) is 0 Å². The molecule has 104 valence electrons. The summed E-state index contributed by atoms with van der Waals surface area (Å²) in [6.45, 7) is 0.821. The quantitative estimate of drug-likeness (QED) is 0.924. The number of rotatable bonds is 3. The van der Waals surface area contributed by atoms with Gasteiger partial charge in [0.1, 0.15) is 0 Å². The van der Waals surface area contributed by atoms with E-state index in [1.807, 2.05) is 19.2 Å². The van der Waals surface area contributed by atoms with Crippen LogP contribution >= 0.6 is 11.6 Å². The van der Waals surface area contributed by atoms with Crippen molar-refractivity contribution in [2.45, 2.75) is 18.6 Å². The highest BCUT2D eigenvalue weighted by Crippen LogP contribution is 2.37. The second-order valence-electron chi connectivity index (χ2n) is 5.13. The van der Waals surface area contributed by atoms with Crippen LogP contribution in [-0.2, 0) is 11.2 Å². The van der Waals surface area contributed by atoms with Crippen LogP contribution in [-0.4, -0.2) is 13.6 Å². The first kappa shape index (κ1) is 13.6. The summed E-state index contributed by atoms with van der Waals surface area (Å²) in [5.41, 5.74) is 3.86. The van der Waals surface area contributed by atoms with Gasteiger partial charge in [0.2, 0.25) is 0 Å². The predicted octanol–water partition coefficient (Wildman–Crippen LogP) is 3.91. The van der Waals surface area contributed by atoms with Crippen LogP contribution in [0.5, 0.6) is 0 Å². The number of benzene rings is 2. The molecule has 1 N–H and O–H groups in total. The Hall–Kier alpha value is -1.35. The average molecular weight is 288 g/mol. The van der Waals surface area contributed by atoms with Gasteiger partial charge in [0.15, 0.2) is 0 Å². The van der Waals surface area contributed by atoms with Crippen LogP contribution in [0, 0.1) is 0 Å². The van der Waals surface area contributed by atoms with Crippen LogP contribution in [0.2, 0.25) is 5.02 Å². The Morgan fingerprint density at radius 3 is 2.65 bits per heavy atom. The second kappa shape index (κ2) is 5.96. The third kappa shape index (κ3) is 2.73. The van der Waals surface area contributed by atoms with E-state index in [4.69, 9.17) is 16.3 Å². The van der Waals surface area contributed by atoms with E-state index >= 15 is 0 Å². The number of nitrogens with one attached hydrogen (secondary N) is 1. The smallest absolute Gasteiger partial charge is 0.0960 e. The summed E-state index contributed by atoms with van der Waals surface area (Å²) in [5, 5.41) is 3.97. The number of ether oxygens (including phenoxy) is 1. The highest BCUT2D eigenvalue weighted by Gasteiger charge is 2.27. The van der Waals surface area contributed by atoms with Crippen molar-refractivity contribution in [2.75, 3.05) is 13.6 Å². The summed E-state index contributed by atoms with van der Waals surface area (Å²) in [4.78, 5) is 0. The highest BCUT2D eigenvalue weighted by atomic mass is 35.5. The zero-order valence-corrected chi connectivity index (χ0v) is 12.2. The van der Waals surface area contributed by atoms with Crippen LogP contribution in [0.3, 0.4) is 0 Å². The largest absolute Gasteiger partial charge is 0.364 e. The summed E-state index contributed by atoms with van der Waals surface area (Å²) in [6, 6.07) is 16.5. The molecule has 2 nitrogen and oxygen atoms in total. The molecular formula is C17H18ClNO. The number of hydrogen-bond acceptors (Lipinski definition) is 2. The lowest BCUT2D eigenvalue weighted by Crippen LogP contribution is -2.27. The Morgan fingerprint density at radius 1 is 1.15 bits per heavy atom. The van der Waals surface area contributed by atoms with Crippen LogP contribution in [0.15, 0.2) is 48.5 Å². The van der Waals surface area contributed by atoms with Gasteiger partial charge in [0.05, 0.1) is 12.2 Å². The maximum Gasteiger partial charge on any atom is 0.0960 e. The fourth-order valence-corrected chi connectivity index (χ4v) is 2.90. The molecule has 0 radical (unpaired) electrons. The van der Waals surface area contributed by atoms with Gasteiger partial charge in [-0.15, -0.1) is 0 Å². The van der Waals surface area contributed by atoms with E-state index in [9.17, 15) is 0 Å². The minimum absolute atomic E-state index is 0.0977. The predicted molar refractivity (Wildman–Crippen MR) is 82.1 cm³/mol. The molecule has 2 aromatic carbocycles. The summed E-state index contributed by atoms with van der Waals surface area (Å²) in [5.74, 6) is 0. The van der Waals surface area contributed by atoms with Gasteiger partial charge >= 0.3 is 0 Å². The Kier molecular flexibility index (Phi) is 4.06. The molecule has 0 bridgehead atoms. The van der Waals surface area contributed by atoms with Crippen LogP contribution in [0.25, 0.3) is 0 Å². The number of hydrogen-bond donors (Lipinski definition) is 1. The Bertz CT molecular complexity index is 582. The van der Waals surface area contributed by atoms with Crippen molar-refractivity contribution in [1.29, 1.82) is 0 Å². The zero-order chi connectivity index (χ0) is 13.9. The molecule has 0 unspecified atom stereocenters. The molecule has 2 aromatic rings. The first-order valence-corrected chi connectivity index (χ1v) is 7.29. The fourth-order valence-electron chi connectivity index (χ4n) is 2.77. The van der Waals surface area contributed by atoms with E-state index < -0.39 is 0 Å². The lowest BCUT2D eigenvalue weighted by molar-refractivity contribution is -0.0257. The van der Waals surface area contributed by atoms with Crippen LogP contribution in [0.4, 0.5) is 0 Å². The van der Waals surface area contributed by atoms with Crippen molar-refractivity contribution in [3.8, 4) is 0 Å². The molecular weight excluding hydrogens is 270 g/mol. The lowest BCUT2D eigenvalue weighted by Gasteiger charge is -2.32.